The highest BCUT2D eigenvalue weighted by atomic mass is 15.5. The molecule has 1 aromatic rings. The summed E-state index contributed by atoms with van der Waals surface area (Å²) < 4.78 is 0. The van der Waals surface area contributed by atoms with Gasteiger partial charge in [0.05, 0.1) is 6.17 Å². The summed E-state index contributed by atoms with van der Waals surface area (Å²) in [5.74, 6) is 5.02. The van der Waals surface area contributed by atoms with Crippen LogP contribution >= 0.6 is 0 Å². The molecule has 0 aliphatic carbocycles. The first-order valence-corrected chi connectivity index (χ1v) is 4.03. The number of hydrogen-bond acceptors (Lipinski definition) is 4. The molecular formula is C9H14N4. The molecule has 0 aliphatic rings. The Bertz CT molecular complexity index is 258. The smallest absolute Gasteiger partial charge is 0.0884 e. The SMILES string of the molecule is NNNC(N)/C=C/c1ccccc1. The van der Waals surface area contributed by atoms with Crippen LogP contribution < -0.4 is 22.5 Å². The zero-order chi connectivity index (χ0) is 9.52. The minimum absolute atomic E-state index is 0.287. The van der Waals surface area contributed by atoms with Crippen molar-refractivity contribution in [3.05, 3.63) is 42.0 Å². The van der Waals surface area contributed by atoms with Crippen LogP contribution in [0.2, 0.25) is 0 Å². The van der Waals surface area contributed by atoms with Crippen LogP contribution in [0.3, 0.4) is 0 Å². The van der Waals surface area contributed by atoms with Gasteiger partial charge in [0.1, 0.15) is 0 Å². The standard InChI is InChI=1S/C9H14N4/c10-9(12-13-11)7-6-8-4-2-1-3-5-8/h1-7,9,12-13H,10-11H2/b7-6+. The maximum Gasteiger partial charge on any atom is 0.0884 e. The van der Waals surface area contributed by atoms with Crippen molar-refractivity contribution in [2.45, 2.75) is 6.17 Å². The molecular weight excluding hydrogens is 164 g/mol. The van der Waals surface area contributed by atoms with Gasteiger partial charge in [-0.3, -0.25) is 5.84 Å². The summed E-state index contributed by atoms with van der Waals surface area (Å²) in [6.07, 6.45) is 3.45. The molecule has 1 rings (SSSR count). The van der Waals surface area contributed by atoms with Crippen molar-refractivity contribution in [2.24, 2.45) is 11.6 Å². The topological polar surface area (TPSA) is 76.1 Å². The van der Waals surface area contributed by atoms with Gasteiger partial charge >= 0.3 is 0 Å². The second-order valence-corrected chi connectivity index (χ2v) is 2.58. The highest BCUT2D eigenvalue weighted by Gasteiger charge is 1.91. The van der Waals surface area contributed by atoms with E-state index in [1.165, 1.54) is 0 Å². The molecule has 0 saturated heterocycles. The highest BCUT2D eigenvalue weighted by Crippen LogP contribution is 2.00. The van der Waals surface area contributed by atoms with Crippen LogP contribution in [0, 0.1) is 0 Å². The van der Waals surface area contributed by atoms with Gasteiger partial charge < -0.3 is 5.73 Å². The van der Waals surface area contributed by atoms with Crippen molar-refractivity contribution in [2.75, 3.05) is 0 Å². The molecule has 13 heavy (non-hydrogen) atoms. The van der Waals surface area contributed by atoms with Gasteiger partial charge in [0.15, 0.2) is 0 Å². The fraction of sp³-hybridized carbons (Fsp3) is 0.111. The Hall–Kier alpha value is -1.20. The molecule has 0 amide bonds. The van der Waals surface area contributed by atoms with E-state index in [0.717, 1.165) is 5.56 Å². The number of nitrogens with two attached hydrogens (primary N) is 2. The maximum atomic E-state index is 5.59. The molecule has 0 aliphatic heterocycles. The quantitative estimate of drug-likeness (QED) is 0.296. The van der Waals surface area contributed by atoms with E-state index in [1.807, 2.05) is 42.5 Å². The molecule has 0 spiro atoms. The zero-order valence-electron chi connectivity index (χ0n) is 7.27. The molecule has 0 bridgehead atoms. The van der Waals surface area contributed by atoms with Gasteiger partial charge in [-0.2, -0.15) is 5.53 Å². The van der Waals surface area contributed by atoms with Crippen LogP contribution in [-0.4, -0.2) is 6.17 Å². The second-order valence-electron chi connectivity index (χ2n) is 2.58. The van der Waals surface area contributed by atoms with E-state index in [0.29, 0.717) is 0 Å². The zero-order valence-corrected chi connectivity index (χ0v) is 7.27. The second kappa shape index (κ2) is 5.45. The van der Waals surface area contributed by atoms with E-state index in [9.17, 15) is 0 Å². The van der Waals surface area contributed by atoms with Crippen molar-refractivity contribution in [3.63, 3.8) is 0 Å². The van der Waals surface area contributed by atoms with Crippen LogP contribution in [-0.2, 0) is 0 Å². The third kappa shape index (κ3) is 3.82. The predicted molar refractivity (Wildman–Crippen MR) is 53.9 cm³/mol. The Kier molecular flexibility index (Phi) is 4.14. The average Bonchev–Trinajstić information content (AvgIpc) is 2.17. The molecule has 4 heteroatoms. The molecule has 1 aromatic carbocycles. The van der Waals surface area contributed by atoms with Crippen molar-refractivity contribution < 1.29 is 0 Å². The van der Waals surface area contributed by atoms with Crippen LogP contribution in [0.1, 0.15) is 5.56 Å². The summed E-state index contributed by atoms with van der Waals surface area (Å²) in [5, 5.41) is 0. The van der Waals surface area contributed by atoms with E-state index >= 15 is 0 Å². The summed E-state index contributed by atoms with van der Waals surface area (Å²) in [7, 11) is 0. The Morgan fingerprint density at radius 2 is 1.92 bits per heavy atom. The monoisotopic (exact) mass is 178 g/mol. The number of hydrazine groups is 2. The minimum atomic E-state index is -0.287. The van der Waals surface area contributed by atoms with Gasteiger partial charge in [-0.15, -0.1) is 0 Å². The Morgan fingerprint density at radius 3 is 2.54 bits per heavy atom. The lowest BCUT2D eigenvalue weighted by atomic mass is 10.2. The first kappa shape index (κ1) is 9.88. The third-order valence-corrected chi connectivity index (χ3v) is 1.55. The van der Waals surface area contributed by atoms with Gasteiger partial charge in [0, 0.05) is 0 Å². The van der Waals surface area contributed by atoms with E-state index in [2.05, 4.69) is 11.0 Å². The van der Waals surface area contributed by atoms with Gasteiger partial charge in [0.25, 0.3) is 0 Å². The summed E-state index contributed by atoms with van der Waals surface area (Å²) in [5.41, 5.74) is 11.6. The number of nitrogens with one attached hydrogen (secondary N) is 2. The fourth-order valence-corrected chi connectivity index (χ4v) is 0.923. The molecule has 0 fully saturated rings. The average molecular weight is 178 g/mol. The Balaban J connectivity index is 2.49. The van der Waals surface area contributed by atoms with E-state index < -0.39 is 0 Å². The largest absolute Gasteiger partial charge is 0.312 e. The normalized spacial score (nSPS) is 13.4. The molecule has 6 N–H and O–H groups in total. The van der Waals surface area contributed by atoms with Crippen LogP contribution in [0.15, 0.2) is 36.4 Å². The molecule has 0 radical (unpaired) electrons. The molecule has 1 unspecified atom stereocenters. The lowest BCUT2D eigenvalue weighted by Gasteiger charge is -2.06. The van der Waals surface area contributed by atoms with Gasteiger partial charge in [-0.25, -0.2) is 5.43 Å². The Labute approximate surface area is 77.6 Å². The third-order valence-electron chi connectivity index (χ3n) is 1.55. The van der Waals surface area contributed by atoms with Crippen molar-refractivity contribution >= 4 is 6.08 Å². The lowest BCUT2D eigenvalue weighted by molar-refractivity contribution is 0.504. The Morgan fingerprint density at radius 1 is 1.23 bits per heavy atom. The molecule has 1 atom stereocenters. The van der Waals surface area contributed by atoms with Crippen LogP contribution in [0.4, 0.5) is 0 Å². The summed E-state index contributed by atoms with van der Waals surface area (Å²) in [6, 6.07) is 9.91. The van der Waals surface area contributed by atoms with E-state index in [4.69, 9.17) is 11.6 Å². The highest BCUT2D eigenvalue weighted by molar-refractivity contribution is 5.49. The van der Waals surface area contributed by atoms with Crippen LogP contribution in [0.25, 0.3) is 6.08 Å². The first-order chi connectivity index (χ1) is 6.33. The maximum absolute atomic E-state index is 5.59. The van der Waals surface area contributed by atoms with E-state index in [1.54, 1.807) is 0 Å². The molecule has 70 valence electrons. The fourth-order valence-electron chi connectivity index (χ4n) is 0.923. The predicted octanol–water partition coefficient (Wildman–Crippen LogP) is -0.0475. The minimum Gasteiger partial charge on any atom is -0.312 e. The van der Waals surface area contributed by atoms with Gasteiger partial charge in [-0.1, -0.05) is 42.5 Å². The molecule has 0 aromatic heterocycles. The van der Waals surface area contributed by atoms with Gasteiger partial charge in [0.2, 0.25) is 0 Å². The first-order valence-electron chi connectivity index (χ1n) is 4.03. The van der Waals surface area contributed by atoms with Gasteiger partial charge in [-0.05, 0) is 5.56 Å². The number of hydrogen-bond donors (Lipinski definition) is 4. The summed E-state index contributed by atoms with van der Waals surface area (Å²) in [6.45, 7) is 0. The molecule has 0 saturated carbocycles. The van der Waals surface area contributed by atoms with E-state index in [-0.39, 0.29) is 6.17 Å². The van der Waals surface area contributed by atoms with Crippen molar-refractivity contribution in [1.82, 2.24) is 11.0 Å². The molecule has 0 heterocycles. The van der Waals surface area contributed by atoms with Crippen LogP contribution in [0.5, 0.6) is 0 Å². The molecule has 4 nitrogen and oxygen atoms in total. The number of rotatable bonds is 4. The van der Waals surface area contributed by atoms with Crippen molar-refractivity contribution in [1.29, 1.82) is 0 Å². The lowest BCUT2D eigenvalue weighted by Crippen LogP contribution is -2.48. The van der Waals surface area contributed by atoms with Crippen molar-refractivity contribution in [3.8, 4) is 0 Å². The summed E-state index contributed by atoms with van der Waals surface area (Å²) >= 11 is 0. The summed E-state index contributed by atoms with van der Waals surface area (Å²) in [4.78, 5) is 0. The number of benzene rings is 1.